The lowest BCUT2D eigenvalue weighted by molar-refractivity contribution is -0.0745. The van der Waals surface area contributed by atoms with Gasteiger partial charge in [-0.1, -0.05) is 18.3 Å². The highest BCUT2D eigenvalue weighted by molar-refractivity contribution is 7.03. The third kappa shape index (κ3) is 3.47. The van der Waals surface area contributed by atoms with Gasteiger partial charge in [0.15, 0.2) is 5.69 Å². The van der Waals surface area contributed by atoms with Gasteiger partial charge in [-0.3, -0.25) is 9.69 Å². The van der Waals surface area contributed by atoms with E-state index in [1.54, 1.807) is 5.38 Å². The lowest BCUT2D eigenvalue weighted by Crippen LogP contribution is -2.52. The number of amides is 1. The van der Waals surface area contributed by atoms with Crippen molar-refractivity contribution in [1.29, 1.82) is 0 Å². The molecule has 0 aromatic carbocycles. The number of ether oxygens (including phenoxy) is 1. The molecule has 122 valence electrons. The standard InChI is InChI=1S/C15H24N4O2S/c1-11(2)9-19-7-8-21-14-4-6-18(5-3-13(14)19)15(20)12-10-22-17-16-12/h10-11,13-14H,3-9H2,1-2H3/t13-,14-/m0/s1. The number of nitrogens with zero attached hydrogens (tertiary/aromatic N) is 4. The van der Waals surface area contributed by atoms with Crippen LogP contribution in [0, 0.1) is 5.92 Å². The second-order valence-corrected chi connectivity index (χ2v) is 7.13. The van der Waals surface area contributed by atoms with Crippen molar-refractivity contribution in [3.8, 4) is 0 Å². The lowest BCUT2D eigenvalue weighted by atomic mass is 10.0. The molecule has 0 unspecified atom stereocenters. The molecule has 0 spiro atoms. The zero-order valence-electron chi connectivity index (χ0n) is 13.3. The molecular weight excluding hydrogens is 300 g/mol. The number of morpholine rings is 1. The van der Waals surface area contributed by atoms with Gasteiger partial charge in [0, 0.05) is 37.6 Å². The van der Waals surface area contributed by atoms with Crippen LogP contribution in [0.3, 0.4) is 0 Å². The summed E-state index contributed by atoms with van der Waals surface area (Å²) in [6, 6.07) is 0.433. The van der Waals surface area contributed by atoms with Gasteiger partial charge in [-0.2, -0.15) is 0 Å². The first kappa shape index (κ1) is 15.8. The Balaban J connectivity index is 1.66. The van der Waals surface area contributed by atoms with Crippen molar-refractivity contribution in [2.75, 3.05) is 32.8 Å². The molecule has 2 atom stereocenters. The molecule has 2 aliphatic heterocycles. The maximum absolute atomic E-state index is 12.5. The highest BCUT2D eigenvalue weighted by atomic mass is 32.1. The number of likely N-dealkylation sites (tertiary alicyclic amines) is 1. The fourth-order valence-electron chi connectivity index (χ4n) is 3.48. The van der Waals surface area contributed by atoms with Crippen LogP contribution < -0.4 is 0 Å². The lowest BCUT2D eigenvalue weighted by Gasteiger charge is -2.41. The number of fused-ring (bicyclic) bond motifs is 1. The molecule has 22 heavy (non-hydrogen) atoms. The Morgan fingerprint density at radius 2 is 2.23 bits per heavy atom. The van der Waals surface area contributed by atoms with Gasteiger partial charge in [-0.15, -0.1) is 5.10 Å². The summed E-state index contributed by atoms with van der Waals surface area (Å²) in [6.45, 7) is 8.94. The monoisotopic (exact) mass is 324 g/mol. The van der Waals surface area contributed by atoms with Crippen molar-refractivity contribution < 1.29 is 9.53 Å². The van der Waals surface area contributed by atoms with Crippen LogP contribution in [-0.2, 0) is 4.74 Å². The van der Waals surface area contributed by atoms with E-state index in [0.717, 1.165) is 45.6 Å². The SMILES string of the molecule is CC(C)CN1CCO[C@H]2CCN(C(=O)c3csnn3)CC[C@@H]21. The summed E-state index contributed by atoms with van der Waals surface area (Å²) >= 11 is 1.22. The molecule has 1 amide bonds. The fraction of sp³-hybridized carbons (Fsp3) is 0.800. The second-order valence-electron chi connectivity index (χ2n) is 6.53. The average molecular weight is 324 g/mol. The minimum absolute atomic E-state index is 0.00260. The van der Waals surface area contributed by atoms with Gasteiger partial charge in [0.1, 0.15) is 0 Å². The Labute approximate surface area is 135 Å². The minimum Gasteiger partial charge on any atom is -0.375 e. The van der Waals surface area contributed by atoms with Crippen LogP contribution in [-0.4, -0.2) is 70.2 Å². The molecule has 3 rings (SSSR count). The predicted octanol–water partition coefficient (Wildman–Crippen LogP) is 1.50. The van der Waals surface area contributed by atoms with Gasteiger partial charge in [0.2, 0.25) is 0 Å². The highest BCUT2D eigenvalue weighted by Crippen LogP contribution is 2.25. The summed E-state index contributed by atoms with van der Waals surface area (Å²) in [4.78, 5) is 16.9. The molecule has 2 saturated heterocycles. The van der Waals surface area contributed by atoms with Crippen molar-refractivity contribution in [3.63, 3.8) is 0 Å². The first-order valence-electron chi connectivity index (χ1n) is 8.07. The molecule has 1 aromatic heterocycles. The van der Waals surface area contributed by atoms with E-state index in [-0.39, 0.29) is 12.0 Å². The number of aromatic nitrogens is 2. The molecule has 7 heteroatoms. The number of carbonyl (C=O) groups is 1. The van der Waals surface area contributed by atoms with Crippen molar-refractivity contribution >= 4 is 17.4 Å². The van der Waals surface area contributed by atoms with Gasteiger partial charge in [-0.25, -0.2) is 0 Å². The molecule has 6 nitrogen and oxygen atoms in total. The first-order valence-corrected chi connectivity index (χ1v) is 8.91. The fourth-order valence-corrected chi connectivity index (χ4v) is 3.91. The summed E-state index contributed by atoms with van der Waals surface area (Å²) in [5, 5.41) is 5.63. The van der Waals surface area contributed by atoms with E-state index in [2.05, 4.69) is 28.3 Å². The normalized spacial score (nSPS) is 26.8. The molecule has 1 aromatic rings. The molecule has 0 bridgehead atoms. The van der Waals surface area contributed by atoms with Crippen LogP contribution in [0.15, 0.2) is 5.38 Å². The molecule has 2 fully saturated rings. The summed E-state index contributed by atoms with van der Waals surface area (Å²) < 4.78 is 9.78. The van der Waals surface area contributed by atoms with Crippen molar-refractivity contribution in [1.82, 2.24) is 19.4 Å². The molecule has 0 saturated carbocycles. The minimum atomic E-state index is 0.00260. The van der Waals surface area contributed by atoms with Crippen molar-refractivity contribution in [2.45, 2.75) is 38.8 Å². The number of hydrogen-bond acceptors (Lipinski definition) is 6. The summed E-state index contributed by atoms with van der Waals surface area (Å²) in [6.07, 6.45) is 2.13. The molecule has 0 N–H and O–H groups in total. The van der Waals surface area contributed by atoms with Crippen molar-refractivity contribution in [3.05, 3.63) is 11.1 Å². The summed E-state index contributed by atoms with van der Waals surface area (Å²) in [5.74, 6) is 0.656. The zero-order chi connectivity index (χ0) is 15.5. The molecule has 0 aliphatic carbocycles. The summed E-state index contributed by atoms with van der Waals surface area (Å²) in [5.41, 5.74) is 0.467. The third-order valence-corrected chi connectivity index (χ3v) is 4.96. The summed E-state index contributed by atoms with van der Waals surface area (Å²) in [7, 11) is 0. The van der Waals surface area contributed by atoms with Gasteiger partial charge < -0.3 is 9.64 Å². The van der Waals surface area contributed by atoms with E-state index >= 15 is 0 Å². The molecule has 0 radical (unpaired) electrons. The van der Waals surface area contributed by atoms with E-state index in [1.807, 2.05) is 4.90 Å². The van der Waals surface area contributed by atoms with Crippen LogP contribution in [0.1, 0.15) is 37.2 Å². The van der Waals surface area contributed by atoms with Gasteiger partial charge in [-0.05, 0) is 30.3 Å². The maximum Gasteiger partial charge on any atom is 0.275 e. The number of rotatable bonds is 3. The second kappa shape index (κ2) is 7.02. The van der Waals surface area contributed by atoms with Crippen molar-refractivity contribution in [2.24, 2.45) is 5.92 Å². The average Bonchev–Trinajstić information content (AvgIpc) is 2.93. The van der Waals surface area contributed by atoms with Gasteiger partial charge >= 0.3 is 0 Å². The van der Waals surface area contributed by atoms with Crippen LogP contribution in [0.5, 0.6) is 0 Å². The number of hydrogen-bond donors (Lipinski definition) is 0. The van der Waals surface area contributed by atoms with Crippen LogP contribution >= 0.6 is 11.5 Å². The van der Waals surface area contributed by atoms with Crippen LogP contribution in [0.2, 0.25) is 0 Å². The Morgan fingerprint density at radius 3 is 2.95 bits per heavy atom. The van der Waals surface area contributed by atoms with E-state index < -0.39 is 0 Å². The smallest absolute Gasteiger partial charge is 0.275 e. The quantitative estimate of drug-likeness (QED) is 0.843. The van der Waals surface area contributed by atoms with E-state index in [1.165, 1.54) is 11.5 Å². The molecular formula is C15H24N4O2S. The first-order chi connectivity index (χ1) is 10.6. The zero-order valence-corrected chi connectivity index (χ0v) is 14.1. The third-order valence-electron chi connectivity index (χ3n) is 4.45. The van der Waals surface area contributed by atoms with Crippen LogP contribution in [0.4, 0.5) is 0 Å². The Kier molecular flexibility index (Phi) is 5.05. The molecule has 3 heterocycles. The highest BCUT2D eigenvalue weighted by Gasteiger charge is 2.36. The van der Waals surface area contributed by atoms with E-state index in [4.69, 9.17) is 4.74 Å². The maximum atomic E-state index is 12.5. The Morgan fingerprint density at radius 1 is 1.41 bits per heavy atom. The van der Waals surface area contributed by atoms with Gasteiger partial charge in [0.05, 0.1) is 12.7 Å². The van der Waals surface area contributed by atoms with Gasteiger partial charge in [0.25, 0.3) is 5.91 Å². The van der Waals surface area contributed by atoms with E-state index in [0.29, 0.717) is 17.7 Å². The Bertz CT molecular complexity index is 494. The largest absolute Gasteiger partial charge is 0.375 e. The predicted molar refractivity (Wildman–Crippen MR) is 85.0 cm³/mol. The van der Waals surface area contributed by atoms with Crippen LogP contribution in [0.25, 0.3) is 0 Å². The van der Waals surface area contributed by atoms with E-state index in [9.17, 15) is 4.79 Å². The number of carbonyl (C=O) groups excluding carboxylic acids is 1. The molecule has 2 aliphatic rings. The topological polar surface area (TPSA) is 58.6 Å². The Hall–Kier alpha value is -1.05.